The number of rotatable bonds is 7. The van der Waals surface area contributed by atoms with Crippen LogP contribution in [0.15, 0.2) is 4.99 Å². The Morgan fingerprint density at radius 3 is 2.79 bits per heavy atom. The van der Waals surface area contributed by atoms with E-state index in [9.17, 15) is 0 Å². The number of guanidine groups is 1. The minimum atomic E-state index is 0.637. The summed E-state index contributed by atoms with van der Waals surface area (Å²) < 4.78 is 5.17. The number of ether oxygens (including phenoxy) is 1. The molecule has 0 rings (SSSR count). The van der Waals surface area contributed by atoms with Crippen molar-refractivity contribution in [1.29, 1.82) is 0 Å². The van der Waals surface area contributed by atoms with E-state index in [0.29, 0.717) is 12.6 Å². The maximum Gasteiger partial charge on any atom is 0.205 e. The van der Waals surface area contributed by atoms with Crippen LogP contribution in [0.25, 0.3) is 0 Å². The van der Waals surface area contributed by atoms with Gasteiger partial charge in [0.1, 0.15) is 0 Å². The molecule has 0 atom stereocenters. The predicted octanol–water partition coefficient (Wildman–Crippen LogP) is 0.232. The normalized spacial score (nSPS) is 11.5. The molecule has 0 aliphatic carbocycles. The summed E-state index contributed by atoms with van der Waals surface area (Å²) in [6.45, 7) is 7.04. The second-order valence-corrected chi connectivity index (χ2v) is 2.85. The topological polar surface area (TPSA) is 71.7 Å². The zero-order chi connectivity index (χ0) is 10.6. The van der Waals surface area contributed by atoms with Gasteiger partial charge in [0.25, 0.3) is 0 Å². The molecule has 0 aliphatic rings. The molecule has 0 aliphatic heterocycles. The van der Waals surface area contributed by atoms with Gasteiger partial charge in [-0.05, 0) is 13.3 Å². The predicted molar refractivity (Wildman–Crippen MR) is 59.0 cm³/mol. The van der Waals surface area contributed by atoms with Gasteiger partial charge in [0, 0.05) is 19.7 Å². The van der Waals surface area contributed by atoms with Crippen LogP contribution in [0.3, 0.4) is 0 Å². The van der Waals surface area contributed by atoms with E-state index in [-0.39, 0.29) is 0 Å². The molecule has 0 saturated heterocycles. The fraction of sp³-hybridized carbons (Fsp3) is 0.889. The van der Waals surface area contributed by atoms with Crippen LogP contribution < -0.4 is 16.6 Å². The molecule has 0 aromatic rings. The molecule has 0 aromatic carbocycles. The van der Waals surface area contributed by atoms with Crippen molar-refractivity contribution in [2.24, 2.45) is 10.8 Å². The van der Waals surface area contributed by atoms with Gasteiger partial charge in [0.15, 0.2) is 0 Å². The van der Waals surface area contributed by atoms with Crippen molar-refractivity contribution < 1.29 is 4.74 Å². The Hall–Kier alpha value is -0.810. The van der Waals surface area contributed by atoms with Gasteiger partial charge in [0.2, 0.25) is 5.96 Å². The van der Waals surface area contributed by atoms with Crippen molar-refractivity contribution in [2.75, 3.05) is 26.3 Å². The lowest BCUT2D eigenvalue weighted by molar-refractivity contribution is 0.152. The van der Waals surface area contributed by atoms with Gasteiger partial charge >= 0.3 is 0 Å². The summed E-state index contributed by atoms with van der Waals surface area (Å²) in [4.78, 5) is 4.24. The third-order valence-electron chi connectivity index (χ3n) is 1.66. The average molecular weight is 202 g/mol. The van der Waals surface area contributed by atoms with Crippen LogP contribution in [0.4, 0.5) is 0 Å². The van der Waals surface area contributed by atoms with Crippen molar-refractivity contribution in [3.63, 3.8) is 0 Å². The van der Waals surface area contributed by atoms with Crippen LogP contribution in [-0.4, -0.2) is 32.3 Å². The molecule has 0 unspecified atom stereocenters. The fourth-order valence-corrected chi connectivity index (χ4v) is 0.887. The van der Waals surface area contributed by atoms with Crippen LogP contribution in [0, 0.1) is 0 Å². The van der Waals surface area contributed by atoms with Crippen molar-refractivity contribution in [3.8, 4) is 0 Å². The molecular formula is C9H22N4O. The van der Waals surface area contributed by atoms with Gasteiger partial charge in [0.05, 0.1) is 6.61 Å². The molecule has 0 aromatic heterocycles. The van der Waals surface area contributed by atoms with E-state index in [1.807, 2.05) is 6.92 Å². The van der Waals surface area contributed by atoms with Crippen LogP contribution in [-0.2, 0) is 4.74 Å². The lowest BCUT2D eigenvalue weighted by atomic mass is 10.3. The summed E-state index contributed by atoms with van der Waals surface area (Å²) in [5.41, 5.74) is 2.52. The fourth-order valence-electron chi connectivity index (χ4n) is 0.887. The molecule has 0 heterocycles. The summed E-state index contributed by atoms with van der Waals surface area (Å²) in [7, 11) is 0. The second kappa shape index (κ2) is 10.3. The minimum absolute atomic E-state index is 0.637. The highest BCUT2D eigenvalue weighted by atomic mass is 16.5. The summed E-state index contributed by atoms with van der Waals surface area (Å²) in [5.74, 6) is 5.92. The summed E-state index contributed by atoms with van der Waals surface area (Å²) in [6.07, 6.45) is 2.22. The number of nitrogens with zero attached hydrogens (tertiary/aromatic N) is 1. The number of hydrogen-bond acceptors (Lipinski definition) is 3. The van der Waals surface area contributed by atoms with Crippen LogP contribution in [0.2, 0.25) is 0 Å². The maximum atomic E-state index is 5.29. The van der Waals surface area contributed by atoms with Crippen LogP contribution in [0.1, 0.15) is 26.7 Å². The standard InChI is InChI=1S/C9H22N4O/c1-3-5-6-11-9(13-10)12-7-8-14-4-2/h3-8,10H2,1-2H3,(H2,11,12,13). The van der Waals surface area contributed by atoms with E-state index < -0.39 is 0 Å². The van der Waals surface area contributed by atoms with E-state index in [1.165, 1.54) is 0 Å². The highest BCUT2D eigenvalue weighted by Gasteiger charge is 1.93. The van der Waals surface area contributed by atoms with Crippen LogP contribution in [0.5, 0.6) is 0 Å². The van der Waals surface area contributed by atoms with Crippen molar-refractivity contribution in [3.05, 3.63) is 0 Å². The Morgan fingerprint density at radius 2 is 2.21 bits per heavy atom. The number of unbranched alkanes of at least 4 members (excludes halogenated alkanes) is 1. The SMILES string of the molecule is CCCCN=C(NN)NCCOCC. The molecule has 5 heteroatoms. The molecule has 0 fully saturated rings. The first kappa shape index (κ1) is 13.2. The average Bonchev–Trinajstić information content (AvgIpc) is 2.22. The number of hydrogen-bond donors (Lipinski definition) is 3. The van der Waals surface area contributed by atoms with Gasteiger partial charge in [-0.2, -0.15) is 0 Å². The van der Waals surface area contributed by atoms with E-state index >= 15 is 0 Å². The molecule has 0 amide bonds. The Morgan fingerprint density at radius 1 is 1.43 bits per heavy atom. The quantitative estimate of drug-likeness (QED) is 0.182. The summed E-state index contributed by atoms with van der Waals surface area (Å²) in [6, 6.07) is 0. The Labute approximate surface area is 86.1 Å². The molecule has 14 heavy (non-hydrogen) atoms. The van der Waals surface area contributed by atoms with Gasteiger partial charge < -0.3 is 10.1 Å². The highest BCUT2D eigenvalue weighted by Crippen LogP contribution is 1.86. The Bertz CT molecular complexity index is 150. The molecule has 84 valence electrons. The Kier molecular flexibility index (Phi) is 9.68. The zero-order valence-corrected chi connectivity index (χ0v) is 9.18. The van der Waals surface area contributed by atoms with E-state index in [4.69, 9.17) is 10.6 Å². The third kappa shape index (κ3) is 7.82. The molecule has 0 radical (unpaired) electrons. The minimum Gasteiger partial charge on any atom is -0.380 e. The van der Waals surface area contributed by atoms with Crippen molar-refractivity contribution in [2.45, 2.75) is 26.7 Å². The molecular weight excluding hydrogens is 180 g/mol. The molecule has 0 bridgehead atoms. The first-order valence-electron chi connectivity index (χ1n) is 5.17. The van der Waals surface area contributed by atoms with Crippen molar-refractivity contribution in [1.82, 2.24) is 10.7 Å². The van der Waals surface area contributed by atoms with E-state index in [0.717, 1.165) is 32.5 Å². The van der Waals surface area contributed by atoms with Gasteiger partial charge in [-0.3, -0.25) is 10.4 Å². The monoisotopic (exact) mass is 202 g/mol. The van der Waals surface area contributed by atoms with Gasteiger partial charge in [-0.1, -0.05) is 13.3 Å². The van der Waals surface area contributed by atoms with Gasteiger partial charge in [-0.15, -0.1) is 0 Å². The number of hydrazine groups is 1. The van der Waals surface area contributed by atoms with E-state index in [1.54, 1.807) is 0 Å². The first-order chi connectivity index (χ1) is 6.85. The third-order valence-corrected chi connectivity index (χ3v) is 1.66. The van der Waals surface area contributed by atoms with Crippen molar-refractivity contribution >= 4 is 5.96 Å². The second-order valence-electron chi connectivity index (χ2n) is 2.85. The largest absolute Gasteiger partial charge is 0.380 e. The highest BCUT2D eigenvalue weighted by molar-refractivity contribution is 5.79. The number of aliphatic imine (C=N–C) groups is 1. The summed E-state index contributed by atoms with van der Waals surface area (Å²) >= 11 is 0. The molecule has 0 spiro atoms. The first-order valence-corrected chi connectivity index (χ1v) is 5.17. The van der Waals surface area contributed by atoms with Crippen LogP contribution >= 0.6 is 0 Å². The maximum absolute atomic E-state index is 5.29. The van der Waals surface area contributed by atoms with Gasteiger partial charge in [-0.25, -0.2) is 5.84 Å². The summed E-state index contributed by atoms with van der Waals surface area (Å²) in [5, 5.41) is 3.05. The zero-order valence-electron chi connectivity index (χ0n) is 9.18. The molecule has 5 nitrogen and oxygen atoms in total. The lowest BCUT2D eigenvalue weighted by Gasteiger charge is -2.08. The lowest BCUT2D eigenvalue weighted by Crippen LogP contribution is -2.43. The number of nitrogens with two attached hydrogens (primary N) is 1. The van der Waals surface area contributed by atoms with E-state index in [2.05, 4.69) is 22.7 Å². The number of nitrogens with one attached hydrogen (secondary N) is 2. The molecule has 0 saturated carbocycles. The smallest absolute Gasteiger partial charge is 0.205 e. The molecule has 4 N–H and O–H groups in total. The Balaban J connectivity index is 3.51.